The van der Waals surface area contributed by atoms with Crippen molar-refractivity contribution >= 4 is 22.9 Å². The summed E-state index contributed by atoms with van der Waals surface area (Å²) in [7, 11) is 1.59. The minimum absolute atomic E-state index is 0.0955. The Morgan fingerprint density at radius 3 is 2.64 bits per heavy atom. The molecule has 28 heavy (non-hydrogen) atoms. The molecule has 0 saturated carbocycles. The van der Waals surface area contributed by atoms with Crippen molar-refractivity contribution in [3.8, 4) is 10.9 Å². The molecule has 1 amide bonds. The molecular formula is C20H24N4O3S. The van der Waals surface area contributed by atoms with Crippen molar-refractivity contribution in [2.45, 2.75) is 40.0 Å². The molecule has 0 unspecified atom stereocenters. The zero-order valence-electron chi connectivity index (χ0n) is 16.5. The van der Waals surface area contributed by atoms with Crippen LogP contribution >= 0.6 is 11.3 Å². The highest BCUT2D eigenvalue weighted by Crippen LogP contribution is 2.23. The van der Waals surface area contributed by atoms with E-state index in [1.807, 2.05) is 6.92 Å². The molecule has 2 aromatic heterocycles. The van der Waals surface area contributed by atoms with Crippen LogP contribution in [0.2, 0.25) is 0 Å². The van der Waals surface area contributed by atoms with Gasteiger partial charge < -0.3 is 10.1 Å². The van der Waals surface area contributed by atoms with Gasteiger partial charge in [-0.3, -0.25) is 14.7 Å². The molecule has 0 aliphatic heterocycles. The first kappa shape index (κ1) is 19.9. The predicted molar refractivity (Wildman–Crippen MR) is 111 cm³/mol. The lowest BCUT2D eigenvalue weighted by atomic mass is 10.1. The van der Waals surface area contributed by atoms with E-state index in [-0.39, 0.29) is 11.5 Å². The van der Waals surface area contributed by atoms with E-state index in [0.717, 1.165) is 36.3 Å². The number of nitrogens with one attached hydrogen (secondary N) is 2. The molecule has 1 aromatic carbocycles. The fraction of sp³-hybridized carbons (Fsp3) is 0.350. The molecule has 0 spiro atoms. The fourth-order valence-electron chi connectivity index (χ4n) is 2.91. The predicted octanol–water partition coefficient (Wildman–Crippen LogP) is 3.84. The van der Waals surface area contributed by atoms with Gasteiger partial charge in [0.1, 0.15) is 10.6 Å². The molecule has 0 aliphatic rings. The summed E-state index contributed by atoms with van der Waals surface area (Å²) in [6.45, 7) is 5.75. The minimum atomic E-state index is -0.256. The minimum Gasteiger partial charge on any atom is -0.497 e. The first-order valence-corrected chi connectivity index (χ1v) is 10.00. The van der Waals surface area contributed by atoms with Gasteiger partial charge in [0.05, 0.1) is 12.8 Å². The Morgan fingerprint density at radius 2 is 2.00 bits per heavy atom. The maximum Gasteiger partial charge on any atom is 0.276 e. The highest BCUT2D eigenvalue weighted by molar-refractivity contribution is 7.16. The first-order chi connectivity index (χ1) is 13.4. The number of hydrogen-bond acceptors (Lipinski definition) is 5. The molecular weight excluding hydrogens is 376 g/mol. The van der Waals surface area contributed by atoms with Gasteiger partial charge in [-0.1, -0.05) is 24.7 Å². The SMILES string of the molecule is CCCCc1c(C)[nH]n(-c2nc(C)c(C(=O)Nc3ccc(OC)cc3)s2)c1=O. The topological polar surface area (TPSA) is 89.0 Å². The molecule has 0 bridgehead atoms. The van der Waals surface area contributed by atoms with E-state index in [1.54, 1.807) is 38.3 Å². The number of benzene rings is 1. The number of carbonyl (C=O) groups is 1. The Kier molecular flexibility index (Phi) is 5.99. The zero-order valence-corrected chi connectivity index (χ0v) is 17.3. The monoisotopic (exact) mass is 400 g/mol. The number of hydrogen-bond donors (Lipinski definition) is 2. The molecule has 3 aromatic rings. The van der Waals surface area contributed by atoms with Crippen molar-refractivity contribution in [2.24, 2.45) is 0 Å². The van der Waals surface area contributed by atoms with E-state index in [1.165, 1.54) is 16.0 Å². The molecule has 0 radical (unpaired) electrons. The van der Waals surface area contributed by atoms with Gasteiger partial charge in [-0.25, -0.2) is 4.98 Å². The molecule has 0 aliphatic carbocycles. The summed E-state index contributed by atoms with van der Waals surface area (Å²) in [5, 5.41) is 6.40. The highest BCUT2D eigenvalue weighted by Gasteiger charge is 2.20. The van der Waals surface area contributed by atoms with Gasteiger partial charge in [0, 0.05) is 16.9 Å². The van der Waals surface area contributed by atoms with Gasteiger partial charge in [0.15, 0.2) is 0 Å². The number of unbranched alkanes of at least 4 members (excludes halogenated alkanes) is 1. The smallest absolute Gasteiger partial charge is 0.276 e. The number of H-pyrrole nitrogens is 1. The van der Waals surface area contributed by atoms with Crippen LogP contribution in [0, 0.1) is 13.8 Å². The summed E-state index contributed by atoms with van der Waals surface area (Å²) in [6.07, 6.45) is 2.72. The third kappa shape index (κ3) is 4.01. The number of aromatic amines is 1. The number of nitrogens with zero attached hydrogens (tertiary/aromatic N) is 2. The Balaban J connectivity index is 1.84. The summed E-state index contributed by atoms with van der Waals surface area (Å²) in [5.74, 6) is 0.462. The van der Waals surface area contributed by atoms with Crippen molar-refractivity contribution in [2.75, 3.05) is 12.4 Å². The maximum absolute atomic E-state index is 12.7. The summed E-state index contributed by atoms with van der Waals surface area (Å²) in [5.41, 5.74) is 2.77. The average molecular weight is 401 g/mol. The number of methoxy groups -OCH3 is 1. The third-order valence-corrected chi connectivity index (χ3v) is 5.65. The maximum atomic E-state index is 12.7. The van der Waals surface area contributed by atoms with Crippen LogP contribution in [0.1, 0.15) is 46.4 Å². The number of aryl methyl sites for hydroxylation is 2. The summed E-state index contributed by atoms with van der Waals surface area (Å²) >= 11 is 1.19. The molecule has 2 heterocycles. The highest BCUT2D eigenvalue weighted by atomic mass is 32.1. The van der Waals surface area contributed by atoms with Crippen molar-refractivity contribution in [3.05, 3.63) is 56.4 Å². The van der Waals surface area contributed by atoms with Crippen LogP contribution in [0.5, 0.6) is 5.75 Å². The van der Waals surface area contributed by atoms with Crippen LogP contribution in [0.4, 0.5) is 5.69 Å². The van der Waals surface area contributed by atoms with E-state index >= 15 is 0 Å². The summed E-state index contributed by atoms with van der Waals surface area (Å²) < 4.78 is 6.55. The standard InChI is InChI=1S/C20H24N4O3S/c1-5-6-7-16-12(2)23-24(19(16)26)20-21-13(3)17(28-20)18(25)22-14-8-10-15(27-4)11-9-14/h8-11,23H,5-7H2,1-4H3,(H,22,25). The number of aromatic nitrogens is 3. The van der Waals surface area contributed by atoms with Gasteiger partial charge in [0.25, 0.3) is 11.5 Å². The number of carbonyl (C=O) groups excluding carboxylic acids is 1. The van der Waals surface area contributed by atoms with Crippen molar-refractivity contribution in [3.63, 3.8) is 0 Å². The Labute approximate surface area is 167 Å². The van der Waals surface area contributed by atoms with Crippen LogP contribution in [0.15, 0.2) is 29.1 Å². The van der Waals surface area contributed by atoms with Crippen LogP contribution in [0.3, 0.4) is 0 Å². The van der Waals surface area contributed by atoms with Gasteiger partial charge in [-0.15, -0.1) is 0 Å². The number of rotatable bonds is 7. The van der Waals surface area contributed by atoms with E-state index in [9.17, 15) is 9.59 Å². The second-order valence-electron chi connectivity index (χ2n) is 6.55. The van der Waals surface area contributed by atoms with Gasteiger partial charge in [0.2, 0.25) is 5.13 Å². The van der Waals surface area contributed by atoms with Crippen molar-refractivity contribution in [1.82, 2.24) is 14.8 Å². The molecule has 0 atom stereocenters. The Morgan fingerprint density at radius 1 is 1.29 bits per heavy atom. The van der Waals surface area contributed by atoms with E-state index in [2.05, 4.69) is 22.3 Å². The lowest BCUT2D eigenvalue weighted by Crippen LogP contribution is -2.17. The van der Waals surface area contributed by atoms with Crippen LogP contribution < -0.4 is 15.6 Å². The van der Waals surface area contributed by atoms with Crippen LogP contribution in [-0.2, 0) is 6.42 Å². The van der Waals surface area contributed by atoms with E-state index < -0.39 is 0 Å². The molecule has 8 heteroatoms. The summed E-state index contributed by atoms with van der Waals surface area (Å²) in [4.78, 5) is 30.3. The average Bonchev–Trinajstić information content (AvgIpc) is 3.20. The second kappa shape index (κ2) is 8.43. The van der Waals surface area contributed by atoms with Gasteiger partial charge in [-0.2, -0.15) is 4.68 Å². The molecule has 0 saturated heterocycles. The third-order valence-electron chi connectivity index (χ3n) is 4.50. The van der Waals surface area contributed by atoms with Crippen LogP contribution in [-0.4, -0.2) is 27.8 Å². The zero-order chi connectivity index (χ0) is 20.3. The second-order valence-corrected chi connectivity index (χ2v) is 7.53. The molecule has 2 N–H and O–H groups in total. The summed E-state index contributed by atoms with van der Waals surface area (Å²) in [6, 6.07) is 7.10. The lowest BCUT2D eigenvalue weighted by Gasteiger charge is -2.05. The lowest BCUT2D eigenvalue weighted by molar-refractivity contribution is 0.103. The number of thiazole rings is 1. The van der Waals surface area contributed by atoms with Gasteiger partial charge in [-0.05, 0) is 51.0 Å². The Hall–Kier alpha value is -2.87. The molecule has 7 nitrogen and oxygen atoms in total. The number of anilines is 1. The number of amides is 1. The van der Waals surface area contributed by atoms with Gasteiger partial charge >= 0.3 is 0 Å². The Bertz CT molecular complexity index is 1030. The van der Waals surface area contributed by atoms with Crippen LogP contribution in [0.25, 0.3) is 5.13 Å². The first-order valence-electron chi connectivity index (χ1n) is 9.18. The number of ether oxygens (including phenoxy) is 1. The van der Waals surface area contributed by atoms with E-state index in [4.69, 9.17) is 4.74 Å². The van der Waals surface area contributed by atoms with Crippen molar-refractivity contribution < 1.29 is 9.53 Å². The largest absolute Gasteiger partial charge is 0.497 e. The van der Waals surface area contributed by atoms with E-state index in [0.29, 0.717) is 21.4 Å². The fourth-order valence-corrected chi connectivity index (χ4v) is 3.84. The molecule has 3 rings (SSSR count). The van der Waals surface area contributed by atoms with Crippen molar-refractivity contribution in [1.29, 1.82) is 0 Å². The quantitative estimate of drug-likeness (QED) is 0.631. The normalized spacial score (nSPS) is 10.9. The molecule has 148 valence electrons. The molecule has 0 fully saturated rings.